The molecule has 0 aliphatic carbocycles. The van der Waals surface area contributed by atoms with E-state index in [1.54, 1.807) is 20.2 Å². The molecule has 26 heavy (non-hydrogen) atoms. The van der Waals surface area contributed by atoms with Crippen molar-refractivity contribution in [3.05, 3.63) is 50.9 Å². The fourth-order valence-corrected chi connectivity index (χ4v) is 3.08. The quantitative estimate of drug-likeness (QED) is 0.565. The first kappa shape index (κ1) is 20.5. The third-order valence-corrected chi connectivity index (χ3v) is 4.52. The summed E-state index contributed by atoms with van der Waals surface area (Å²) in [7, 11) is 3.15. The standard InChI is InChI=1S/C16H18ClF3N4OS/c1-21-15(23-8-14-24-13(9-26-14)16(18,19)20)22-7-12(25-2)10-4-3-5-11(17)6-10/h3-6,9,12H,7-8H2,1-2H3,(H2,21,22,23). The smallest absolute Gasteiger partial charge is 0.375 e. The van der Waals surface area contributed by atoms with Crippen LogP contribution in [-0.4, -0.2) is 31.6 Å². The second kappa shape index (κ2) is 9.20. The second-order valence-corrected chi connectivity index (χ2v) is 6.59. The van der Waals surface area contributed by atoms with Gasteiger partial charge in [0.05, 0.1) is 12.6 Å². The summed E-state index contributed by atoms with van der Waals surface area (Å²) in [6, 6.07) is 7.31. The summed E-state index contributed by atoms with van der Waals surface area (Å²) >= 11 is 6.93. The van der Waals surface area contributed by atoms with Gasteiger partial charge in [0.1, 0.15) is 5.01 Å². The van der Waals surface area contributed by atoms with E-state index in [1.807, 2.05) is 18.2 Å². The zero-order chi connectivity index (χ0) is 19.2. The van der Waals surface area contributed by atoms with Gasteiger partial charge in [-0.1, -0.05) is 23.7 Å². The van der Waals surface area contributed by atoms with E-state index in [9.17, 15) is 13.2 Å². The lowest BCUT2D eigenvalue weighted by molar-refractivity contribution is -0.140. The lowest BCUT2D eigenvalue weighted by atomic mass is 10.1. The first-order valence-corrected chi connectivity index (χ1v) is 8.83. The van der Waals surface area contributed by atoms with E-state index in [2.05, 4.69) is 20.6 Å². The summed E-state index contributed by atoms with van der Waals surface area (Å²) in [5.41, 5.74) is 0.0142. The Morgan fingerprint density at radius 1 is 1.38 bits per heavy atom. The molecule has 1 unspecified atom stereocenters. The Balaban J connectivity index is 1.90. The number of aromatic nitrogens is 1. The Morgan fingerprint density at radius 2 is 2.15 bits per heavy atom. The maximum atomic E-state index is 12.6. The molecule has 0 amide bonds. The molecule has 142 valence electrons. The highest BCUT2D eigenvalue weighted by Crippen LogP contribution is 2.29. The number of methoxy groups -OCH3 is 1. The van der Waals surface area contributed by atoms with Crippen molar-refractivity contribution >= 4 is 28.9 Å². The minimum Gasteiger partial charge on any atom is -0.375 e. The van der Waals surface area contributed by atoms with Gasteiger partial charge in [0.15, 0.2) is 11.7 Å². The maximum Gasteiger partial charge on any atom is 0.434 e. The number of halogens is 4. The van der Waals surface area contributed by atoms with Gasteiger partial charge < -0.3 is 15.4 Å². The van der Waals surface area contributed by atoms with Crippen LogP contribution in [0, 0.1) is 0 Å². The van der Waals surface area contributed by atoms with Gasteiger partial charge in [-0.25, -0.2) is 4.98 Å². The lowest BCUT2D eigenvalue weighted by Gasteiger charge is -2.18. The topological polar surface area (TPSA) is 58.5 Å². The predicted molar refractivity (Wildman–Crippen MR) is 96.5 cm³/mol. The molecule has 1 heterocycles. The van der Waals surface area contributed by atoms with E-state index in [1.165, 1.54) is 0 Å². The van der Waals surface area contributed by atoms with Gasteiger partial charge in [-0.3, -0.25) is 4.99 Å². The van der Waals surface area contributed by atoms with Gasteiger partial charge in [-0.05, 0) is 17.7 Å². The van der Waals surface area contributed by atoms with Crippen molar-refractivity contribution in [3.63, 3.8) is 0 Å². The Bertz CT molecular complexity index is 751. The number of alkyl halides is 3. The molecule has 5 nitrogen and oxygen atoms in total. The summed E-state index contributed by atoms with van der Waals surface area (Å²) in [6.45, 7) is 0.539. The normalized spacial score (nSPS) is 13.5. The number of guanidine groups is 1. The van der Waals surface area contributed by atoms with Crippen LogP contribution in [-0.2, 0) is 17.5 Å². The summed E-state index contributed by atoms with van der Waals surface area (Å²) < 4.78 is 43.2. The minimum absolute atomic E-state index is 0.134. The van der Waals surface area contributed by atoms with Crippen LogP contribution >= 0.6 is 22.9 Å². The Labute approximate surface area is 158 Å². The fourth-order valence-electron chi connectivity index (χ4n) is 2.14. The molecule has 0 bridgehead atoms. The third-order valence-electron chi connectivity index (χ3n) is 3.43. The van der Waals surface area contributed by atoms with Crippen molar-refractivity contribution < 1.29 is 17.9 Å². The fraction of sp³-hybridized carbons (Fsp3) is 0.375. The van der Waals surface area contributed by atoms with Crippen molar-refractivity contribution in [2.75, 3.05) is 20.7 Å². The van der Waals surface area contributed by atoms with Crippen LogP contribution in [0.3, 0.4) is 0 Å². The lowest BCUT2D eigenvalue weighted by Crippen LogP contribution is -2.39. The van der Waals surface area contributed by atoms with Crippen LogP contribution in [0.15, 0.2) is 34.6 Å². The van der Waals surface area contributed by atoms with Crippen LogP contribution in [0.1, 0.15) is 22.4 Å². The van der Waals surface area contributed by atoms with E-state index >= 15 is 0 Å². The molecule has 1 atom stereocenters. The first-order chi connectivity index (χ1) is 12.3. The van der Waals surface area contributed by atoms with Gasteiger partial charge in [0.25, 0.3) is 0 Å². The molecule has 0 spiro atoms. The first-order valence-electron chi connectivity index (χ1n) is 7.58. The second-order valence-electron chi connectivity index (χ2n) is 5.21. The van der Waals surface area contributed by atoms with E-state index in [-0.39, 0.29) is 12.6 Å². The van der Waals surface area contributed by atoms with Gasteiger partial charge in [0, 0.05) is 31.1 Å². The molecule has 1 aromatic heterocycles. The third kappa shape index (κ3) is 5.86. The zero-order valence-corrected chi connectivity index (χ0v) is 15.7. The van der Waals surface area contributed by atoms with E-state index < -0.39 is 11.9 Å². The highest BCUT2D eigenvalue weighted by molar-refractivity contribution is 7.09. The number of hydrogen-bond donors (Lipinski definition) is 2. The highest BCUT2D eigenvalue weighted by Gasteiger charge is 2.33. The highest BCUT2D eigenvalue weighted by atomic mass is 35.5. The molecule has 2 rings (SSSR count). The van der Waals surface area contributed by atoms with Gasteiger partial charge in [-0.15, -0.1) is 11.3 Å². The number of nitrogens with zero attached hydrogens (tertiary/aromatic N) is 2. The number of benzene rings is 1. The van der Waals surface area contributed by atoms with Gasteiger partial charge in [0.2, 0.25) is 0 Å². The van der Waals surface area contributed by atoms with Crippen LogP contribution < -0.4 is 10.6 Å². The Kier molecular flexibility index (Phi) is 7.24. The van der Waals surface area contributed by atoms with Crippen LogP contribution in [0.5, 0.6) is 0 Å². The molecular formula is C16H18ClF3N4OS. The average molecular weight is 407 g/mol. The monoisotopic (exact) mass is 406 g/mol. The largest absolute Gasteiger partial charge is 0.434 e. The molecule has 1 aromatic carbocycles. The van der Waals surface area contributed by atoms with E-state index in [4.69, 9.17) is 16.3 Å². The molecular weight excluding hydrogens is 389 g/mol. The number of hydrogen-bond acceptors (Lipinski definition) is 4. The molecule has 0 aliphatic rings. The van der Waals surface area contributed by atoms with Crippen LogP contribution in [0.2, 0.25) is 5.02 Å². The molecule has 10 heteroatoms. The number of nitrogens with one attached hydrogen (secondary N) is 2. The number of thiazole rings is 1. The molecule has 0 saturated heterocycles. The molecule has 2 aromatic rings. The van der Waals surface area contributed by atoms with Crippen molar-refractivity contribution in [1.29, 1.82) is 0 Å². The van der Waals surface area contributed by atoms with Crippen molar-refractivity contribution in [2.24, 2.45) is 4.99 Å². The van der Waals surface area contributed by atoms with Gasteiger partial charge >= 0.3 is 6.18 Å². The number of aliphatic imine (C=N–C) groups is 1. The van der Waals surface area contributed by atoms with Gasteiger partial charge in [-0.2, -0.15) is 13.2 Å². The predicted octanol–water partition coefficient (Wildman–Crippen LogP) is 3.87. The SMILES string of the molecule is CN=C(NCc1nc(C(F)(F)F)cs1)NCC(OC)c1cccc(Cl)c1. The van der Waals surface area contributed by atoms with Crippen molar-refractivity contribution in [2.45, 2.75) is 18.8 Å². The Morgan fingerprint density at radius 3 is 2.73 bits per heavy atom. The summed E-state index contributed by atoms with van der Waals surface area (Å²) in [6.07, 6.45) is -4.69. The molecule has 0 fully saturated rings. The molecule has 0 aliphatic heterocycles. The van der Waals surface area contributed by atoms with Crippen LogP contribution in [0.4, 0.5) is 13.2 Å². The van der Waals surface area contributed by atoms with E-state index in [0.717, 1.165) is 22.3 Å². The summed E-state index contributed by atoms with van der Waals surface area (Å²) in [4.78, 5) is 7.61. The minimum atomic E-state index is -4.43. The maximum absolute atomic E-state index is 12.6. The summed E-state index contributed by atoms with van der Waals surface area (Å²) in [5, 5.41) is 7.92. The van der Waals surface area contributed by atoms with Crippen molar-refractivity contribution in [1.82, 2.24) is 15.6 Å². The molecule has 2 N–H and O–H groups in total. The number of ether oxygens (including phenoxy) is 1. The summed E-state index contributed by atoms with van der Waals surface area (Å²) in [5.74, 6) is 0.429. The average Bonchev–Trinajstić information content (AvgIpc) is 3.07. The van der Waals surface area contributed by atoms with E-state index in [0.29, 0.717) is 22.5 Å². The van der Waals surface area contributed by atoms with Crippen molar-refractivity contribution in [3.8, 4) is 0 Å². The number of rotatable bonds is 6. The molecule has 0 radical (unpaired) electrons. The van der Waals surface area contributed by atoms with Crippen LogP contribution in [0.25, 0.3) is 0 Å². The molecule has 0 saturated carbocycles. The zero-order valence-electron chi connectivity index (χ0n) is 14.1. The Hall–Kier alpha value is -1.84.